The first-order chi connectivity index (χ1) is 7.22. The van der Waals surface area contributed by atoms with Gasteiger partial charge in [-0.25, -0.2) is 4.39 Å². The monoisotopic (exact) mass is 211 g/mol. The first kappa shape index (κ1) is 10.2. The smallest absolute Gasteiger partial charge is 0.231 e. The Bertz CT molecular complexity index is 356. The summed E-state index contributed by atoms with van der Waals surface area (Å²) in [5.74, 6) is 1.31. The second-order valence-corrected chi connectivity index (χ2v) is 3.59. The van der Waals surface area contributed by atoms with E-state index in [4.69, 9.17) is 9.47 Å². The van der Waals surface area contributed by atoms with Crippen LogP contribution in [-0.4, -0.2) is 19.9 Å². The lowest BCUT2D eigenvalue weighted by molar-refractivity contribution is 0.173. The Balaban J connectivity index is 2.22. The lowest BCUT2D eigenvalue weighted by Gasteiger charge is -2.16. The SMILES string of the molecule is CN[C@@H](C)[C@H](F)c1ccc2c(c1)OCO2. The predicted octanol–water partition coefficient (Wildman–Crippen LogP) is 2.03. The third-order valence-electron chi connectivity index (χ3n) is 2.61. The lowest BCUT2D eigenvalue weighted by Crippen LogP contribution is -2.26. The van der Waals surface area contributed by atoms with Gasteiger partial charge >= 0.3 is 0 Å². The average molecular weight is 211 g/mol. The van der Waals surface area contributed by atoms with E-state index in [0.29, 0.717) is 17.1 Å². The molecule has 0 radical (unpaired) electrons. The molecule has 1 aromatic rings. The molecule has 0 aliphatic carbocycles. The lowest BCUT2D eigenvalue weighted by atomic mass is 10.0. The van der Waals surface area contributed by atoms with E-state index in [1.165, 1.54) is 0 Å². The Hall–Kier alpha value is -1.29. The Morgan fingerprint density at radius 1 is 1.33 bits per heavy atom. The summed E-state index contributed by atoms with van der Waals surface area (Å²) in [6.45, 7) is 2.02. The van der Waals surface area contributed by atoms with Crippen molar-refractivity contribution in [3.63, 3.8) is 0 Å². The summed E-state index contributed by atoms with van der Waals surface area (Å²) >= 11 is 0. The van der Waals surface area contributed by atoms with E-state index in [-0.39, 0.29) is 12.8 Å². The van der Waals surface area contributed by atoms with Gasteiger partial charge in [0.2, 0.25) is 6.79 Å². The van der Waals surface area contributed by atoms with Crippen LogP contribution in [0.15, 0.2) is 18.2 Å². The number of halogens is 1. The number of alkyl halides is 1. The van der Waals surface area contributed by atoms with Crippen LogP contribution in [0.5, 0.6) is 11.5 Å². The molecule has 1 aliphatic rings. The summed E-state index contributed by atoms with van der Waals surface area (Å²) in [6, 6.07) is 4.95. The quantitative estimate of drug-likeness (QED) is 0.829. The molecule has 4 heteroatoms. The number of hydrogen-bond donors (Lipinski definition) is 1. The zero-order valence-electron chi connectivity index (χ0n) is 8.79. The first-order valence-electron chi connectivity index (χ1n) is 4.93. The number of likely N-dealkylation sites (N-methyl/N-ethyl adjacent to an activating group) is 1. The molecule has 0 unspecified atom stereocenters. The molecule has 2 atom stereocenters. The van der Waals surface area contributed by atoms with Crippen molar-refractivity contribution in [2.24, 2.45) is 0 Å². The van der Waals surface area contributed by atoms with Gasteiger partial charge in [0.1, 0.15) is 6.17 Å². The van der Waals surface area contributed by atoms with Crippen LogP contribution in [0.25, 0.3) is 0 Å². The Morgan fingerprint density at radius 2 is 2.07 bits per heavy atom. The second kappa shape index (κ2) is 4.06. The van der Waals surface area contributed by atoms with Gasteiger partial charge in [0.15, 0.2) is 11.5 Å². The van der Waals surface area contributed by atoms with E-state index < -0.39 is 6.17 Å². The van der Waals surface area contributed by atoms with Crippen LogP contribution in [0.4, 0.5) is 4.39 Å². The van der Waals surface area contributed by atoms with Gasteiger partial charge < -0.3 is 14.8 Å². The van der Waals surface area contributed by atoms with E-state index >= 15 is 0 Å². The summed E-state index contributed by atoms with van der Waals surface area (Å²) in [4.78, 5) is 0. The van der Waals surface area contributed by atoms with Gasteiger partial charge in [0.25, 0.3) is 0 Å². The number of rotatable bonds is 3. The second-order valence-electron chi connectivity index (χ2n) is 3.59. The van der Waals surface area contributed by atoms with Crippen LogP contribution >= 0.6 is 0 Å². The van der Waals surface area contributed by atoms with Gasteiger partial charge in [-0.15, -0.1) is 0 Å². The Labute approximate surface area is 88.2 Å². The molecule has 1 heterocycles. The first-order valence-corrected chi connectivity index (χ1v) is 4.93. The van der Waals surface area contributed by atoms with Crippen molar-refractivity contribution in [1.29, 1.82) is 0 Å². The van der Waals surface area contributed by atoms with Gasteiger partial charge in [-0.05, 0) is 31.7 Å². The van der Waals surface area contributed by atoms with E-state index in [0.717, 1.165) is 0 Å². The third-order valence-corrected chi connectivity index (χ3v) is 2.61. The molecule has 0 amide bonds. The molecule has 0 fully saturated rings. The molecule has 0 spiro atoms. The maximum Gasteiger partial charge on any atom is 0.231 e. The molecule has 2 rings (SSSR count). The normalized spacial score (nSPS) is 17.5. The highest BCUT2D eigenvalue weighted by atomic mass is 19.1. The standard InChI is InChI=1S/C11H14FNO2/c1-7(13-2)11(12)8-3-4-9-10(5-8)15-6-14-9/h3-5,7,11,13H,6H2,1-2H3/t7-,11-/m0/s1. The van der Waals surface area contributed by atoms with Gasteiger partial charge in [0.05, 0.1) is 0 Å². The highest BCUT2D eigenvalue weighted by Gasteiger charge is 2.20. The molecule has 3 nitrogen and oxygen atoms in total. The van der Waals surface area contributed by atoms with Crippen molar-refractivity contribution in [2.45, 2.75) is 19.1 Å². The molecule has 1 aromatic carbocycles. The van der Waals surface area contributed by atoms with Gasteiger partial charge in [-0.2, -0.15) is 0 Å². The zero-order chi connectivity index (χ0) is 10.8. The minimum atomic E-state index is -1.04. The fourth-order valence-corrected chi connectivity index (χ4v) is 1.52. The van der Waals surface area contributed by atoms with Crippen molar-refractivity contribution in [3.8, 4) is 11.5 Å². The van der Waals surface area contributed by atoms with Crippen molar-refractivity contribution in [3.05, 3.63) is 23.8 Å². The number of fused-ring (bicyclic) bond motifs is 1. The third kappa shape index (κ3) is 1.90. The predicted molar refractivity (Wildman–Crippen MR) is 54.9 cm³/mol. The number of nitrogens with one attached hydrogen (secondary N) is 1. The fraction of sp³-hybridized carbons (Fsp3) is 0.455. The fourth-order valence-electron chi connectivity index (χ4n) is 1.52. The van der Waals surface area contributed by atoms with E-state index in [9.17, 15) is 4.39 Å². The Kier molecular flexibility index (Phi) is 2.77. The number of ether oxygens (including phenoxy) is 2. The number of hydrogen-bond acceptors (Lipinski definition) is 3. The average Bonchev–Trinajstić information content (AvgIpc) is 2.73. The molecular formula is C11H14FNO2. The van der Waals surface area contributed by atoms with Crippen LogP contribution in [0.3, 0.4) is 0 Å². The maximum absolute atomic E-state index is 13.8. The van der Waals surface area contributed by atoms with Gasteiger partial charge in [-0.3, -0.25) is 0 Å². The van der Waals surface area contributed by atoms with Gasteiger partial charge in [-0.1, -0.05) is 6.07 Å². The largest absolute Gasteiger partial charge is 0.454 e. The van der Waals surface area contributed by atoms with Crippen LogP contribution in [-0.2, 0) is 0 Å². The van der Waals surface area contributed by atoms with Crippen molar-refractivity contribution >= 4 is 0 Å². The highest BCUT2D eigenvalue weighted by molar-refractivity contribution is 5.45. The van der Waals surface area contributed by atoms with Crippen LogP contribution in [0, 0.1) is 0 Å². The van der Waals surface area contributed by atoms with Crippen molar-refractivity contribution in [1.82, 2.24) is 5.32 Å². The summed E-state index contributed by atoms with van der Waals surface area (Å²) in [6.07, 6.45) is -1.04. The van der Waals surface area contributed by atoms with E-state index in [2.05, 4.69) is 5.32 Å². The van der Waals surface area contributed by atoms with Crippen LogP contribution in [0.1, 0.15) is 18.7 Å². The molecule has 0 aromatic heterocycles. The van der Waals surface area contributed by atoms with E-state index in [1.54, 1.807) is 32.2 Å². The summed E-state index contributed by atoms with van der Waals surface area (Å²) in [7, 11) is 1.74. The summed E-state index contributed by atoms with van der Waals surface area (Å²) in [5.41, 5.74) is 0.612. The summed E-state index contributed by atoms with van der Waals surface area (Å²) in [5, 5.41) is 2.88. The van der Waals surface area contributed by atoms with Crippen LogP contribution in [0.2, 0.25) is 0 Å². The highest BCUT2D eigenvalue weighted by Crippen LogP contribution is 2.35. The molecule has 82 valence electrons. The molecule has 0 bridgehead atoms. The minimum absolute atomic E-state index is 0.217. The van der Waals surface area contributed by atoms with Crippen molar-refractivity contribution < 1.29 is 13.9 Å². The molecule has 1 aliphatic heterocycles. The van der Waals surface area contributed by atoms with Gasteiger partial charge in [0, 0.05) is 6.04 Å². The van der Waals surface area contributed by atoms with E-state index in [1.807, 2.05) is 0 Å². The van der Waals surface area contributed by atoms with Crippen LogP contribution < -0.4 is 14.8 Å². The minimum Gasteiger partial charge on any atom is -0.454 e. The molecule has 1 N–H and O–H groups in total. The molecule has 0 saturated carbocycles. The molecule has 15 heavy (non-hydrogen) atoms. The Morgan fingerprint density at radius 3 is 2.80 bits per heavy atom. The molecular weight excluding hydrogens is 197 g/mol. The van der Waals surface area contributed by atoms with Crippen molar-refractivity contribution in [2.75, 3.05) is 13.8 Å². The summed E-state index contributed by atoms with van der Waals surface area (Å²) < 4.78 is 24.2. The zero-order valence-corrected chi connectivity index (χ0v) is 8.79. The maximum atomic E-state index is 13.8. The molecule has 0 saturated heterocycles. The topological polar surface area (TPSA) is 30.5 Å². The number of benzene rings is 1.